The number of pyridine rings is 1. The lowest BCUT2D eigenvalue weighted by Crippen LogP contribution is -2.51. The maximum absolute atomic E-state index is 9.30. The molecule has 2 aliphatic rings. The van der Waals surface area contributed by atoms with Crippen LogP contribution in [0.3, 0.4) is 0 Å². The Bertz CT molecular complexity index is 608. The summed E-state index contributed by atoms with van der Waals surface area (Å²) in [7, 11) is 3.74. The number of morpholine rings is 1. The number of hydrogen-bond donors (Lipinski definition) is 0. The smallest absolute Gasteiger partial charge is 0.173 e. The molecule has 2 aliphatic heterocycles. The highest BCUT2D eigenvalue weighted by Gasteiger charge is 2.32. The van der Waals surface area contributed by atoms with Gasteiger partial charge in [-0.2, -0.15) is 5.26 Å². The zero-order valence-electron chi connectivity index (χ0n) is 12.1. The molecule has 110 valence electrons. The molecule has 1 aromatic heterocycles. The van der Waals surface area contributed by atoms with E-state index in [-0.39, 0.29) is 6.04 Å². The molecule has 1 saturated heterocycles. The van der Waals surface area contributed by atoms with Crippen LogP contribution < -0.4 is 9.64 Å². The first-order valence-electron chi connectivity index (χ1n) is 6.82. The van der Waals surface area contributed by atoms with Gasteiger partial charge in [0.1, 0.15) is 18.4 Å². The van der Waals surface area contributed by atoms with Gasteiger partial charge in [-0.15, -0.1) is 0 Å². The lowest BCUT2D eigenvalue weighted by atomic mass is 10.2. The number of ether oxygens (including phenoxy) is 2. The third-order valence-corrected chi connectivity index (χ3v) is 3.41. The maximum atomic E-state index is 9.30. The van der Waals surface area contributed by atoms with E-state index in [1.54, 1.807) is 17.3 Å². The van der Waals surface area contributed by atoms with Gasteiger partial charge in [-0.25, -0.2) is 9.98 Å². The molecule has 0 unspecified atom stereocenters. The summed E-state index contributed by atoms with van der Waals surface area (Å²) < 4.78 is 11.2. The molecule has 0 N–H and O–H groups in total. The van der Waals surface area contributed by atoms with Crippen molar-refractivity contribution in [1.29, 1.82) is 5.26 Å². The van der Waals surface area contributed by atoms with Crippen molar-refractivity contribution >= 4 is 17.8 Å². The monoisotopic (exact) mass is 287 g/mol. The van der Waals surface area contributed by atoms with Crippen molar-refractivity contribution in [2.24, 2.45) is 4.99 Å². The summed E-state index contributed by atoms with van der Waals surface area (Å²) in [6.45, 7) is 2.63. The van der Waals surface area contributed by atoms with Gasteiger partial charge in [-0.1, -0.05) is 0 Å². The van der Waals surface area contributed by atoms with Crippen molar-refractivity contribution in [2.75, 3.05) is 45.4 Å². The van der Waals surface area contributed by atoms with Crippen LogP contribution in [0, 0.1) is 11.3 Å². The molecule has 21 heavy (non-hydrogen) atoms. The Balaban J connectivity index is 2.00. The van der Waals surface area contributed by atoms with E-state index in [2.05, 4.69) is 20.9 Å². The number of rotatable bonds is 2. The summed E-state index contributed by atoms with van der Waals surface area (Å²) in [6.07, 6.45) is 1.64. The molecule has 0 radical (unpaired) electrons. The molecule has 0 spiro atoms. The fourth-order valence-corrected chi connectivity index (χ4v) is 2.40. The van der Waals surface area contributed by atoms with E-state index >= 15 is 0 Å². The first-order valence-corrected chi connectivity index (χ1v) is 6.82. The fourth-order valence-electron chi connectivity index (χ4n) is 2.40. The highest BCUT2D eigenvalue weighted by molar-refractivity contribution is 5.69. The van der Waals surface area contributed by atoms with E-state index in [4.69, 9.17) is 9.47 Å². The summed E-state index contributed by atoms with van der Waals surface area (Å²) in [5.41, 5.74) is 0.833. The average Bonchev–Trinajstić information content (AvgIpc) is 2.51. The second-order valence-corrected chi connectivity index (χ2v) is 5.23. The zero-order valence-corrected chi connectivity index (χ0v) is 12.1. The van der Waals surface area contributed by atoms with Crippen LogP contribution in [0.25, 0.3) is 0 Å². The van der Waals surface area contributed by atoms with Gasteiger partial charge in [0.05, 0.1) is 25.6 Å². The van der Waals surface area contributed by atoms with Crippen molar-refractivity contribution in [1.82, 2.24) is 9.88 Å². The van der Waals surface area contributed by atoms with Gasteiger partial charge in [0.15, 0.2) is 17.3 Å². The van der Waals surface area contributed by atoms with Gasteiger partial charge < -0.3 is 19.3 Å². The Kier molecular flexibility index (Phi) is 3.62. The van der Waals surface area contributed by atoms with E-state index in [1.807, 2.05) is 14.1 Å². The van der Waals surface area contributed by atoms with E-state index in [0.717, 1.165) is 12.4 Å². The molecule has 0 bridgehead atoms. The summed E-state index contributed by atoms with van der Waals surface area (Å²) >= 11 is 0. The number of aliphatic imine (C=N–C) groups is 1. The van der Waals surface area contributed by atoms with Crippen molar-refractivity contribution in [3.8, 4) is 11.8 Å². The van der Waals surface area contributed by atoms with Crippen LogP contribution in [0.2, 0.25) is 0 Å². The summed E-state index contributed by atoms with van der Waals surface area (Å²) in [6, 6.07) is 4.06. The Morgan fingerprint density at radius 3 is 3.14 bits per heavy atom. The van der Waals surface area contributed by atoms with Crippen molar-refractivity contribution in [3.05, 3.63) is 11.8 Å². The minimum absolute atomic E-state index is 0.168. The molecule has 3 heterocycles. The molecule has 7 heteroatoms. The van der Waals surface area contributed by atoms with Crippen LogP contribution in [-0.4, -0.2) is 62.7 Å². The Morgan fingerprint density at radius 1 is 1.52 bits per heavy atom. The molecule has 1 aromatic rings. The van der Waals surface area contributed by atoms with Gasteiger partial charge in [0, 0.05) is 26.7 Å². The number of hydrogen-bond acceptors (Lipinski definition) is 6. The molecule has 0 aliphatic carbocycles. The molecule has 0 saturated carbocycles. The third kappa shape index (κ3) is 2.62. The summed E-state index contributed by atoms with van der Waals surface area (Å²) in [5, 5.41) is 9.30. The lowest BCUT2D eigenvalue weighted by molar-refractivity contribution is 0.0697. The Labute approximate surface area is 123 Å². The lowest BCUT2D eigenvalue weighted by Gasteiger charge is -2.40. The van der Waals surface area contributed by atoms with Crippen molar-refractivity contribution in [2.45, 2.75) is 6.04 Å². The van der Waals surface area contributed by atoms with Crippen molar-refractivity contribution in [3.63, 3.8) is 0 Å². The van der Waals surface area contributed by atoms with E-state index in [1.165, 1.54) is 0 Å². The van der Waals surface area contributed by atoms with Gasteiger partial charge in [0.2, 0.25) is 0 Å². The van der Waals surface area contributed by atoms with E-state index in [9.17, 15) is 5.26 Å². The van der Waals surface area contributed by atoms with Crippen LogP contribution in [-0.2, 0) is 4.74 Å². The first kappa shape index (κ1) is 13.6. The van der Waals surface area contributed by atoms with Crippen molar-refractivity contribution < 1.29 is 9.47 Å². The minimum Gasteiger partial charge on any atom is -0.487 e. The van der Waals surface area contributed by atoms with Crippen LogP contribution in [0.1, 0.15) is 5.69 Å². The van der Waals surface area contributed by atoms with E-state index in [0.29, 0.717) is 37.0 Å². The van der Waals surface area contributed by atoms with Crippen LogP contribution in [0.15, 0.2) is 11.1 Å². The third-order valence-electron chi connectivity index (χ3n) is 3.41. The Hall–Kier alpha value is -2.33. The largest absolute Gasteiger partial charge is 0.487 e. The minimum atomic E-state index is 0.168. The first-order chi connectivity index (χ1) is 10.2. The molecule has 7 nitrogen and oxygen atoms in total. The number of fused-ring (bicyclic) bond motifs is 3. The van der Waals surface area contributed by atoms with Gasteiger partial charge in [-0.3, -0.25) is 0 Å². The molecule has 0 amide bonds. The second-order valence-electron chi connectivity index (χ2n) is 5.23. The standard InChI is InChI=1S/C14H17N5O2/c1-18(2)9-16-11-5-13-14(17-12(11)6-15)19-3-4-20-7-10(19)8-21-13/h5,9-10H,3-4,7-8H2,1-2H3/t10-/m0/s1. The van der Waals surface area contributed by atoms with E-state index < -0.39 is 0 Å². The Morgan fingerprint density at radius 2 is 2.38 bits per heavy atom. The predicted molar refractivity (Wildman–Crippen MR) is 78.2 cm³/mol. The number of anilines is 1. The average molecular weight is 287 g/mol. The molecule has 1 fully saturated rings. The van der Waals surface area contributed by atoms with Crippen LogP contribution in [0.4, 0.5) is 11.5 Å². The van der Waals surface area contributed by atoms with Gasteiger partial charge >= 0.3 is 0 Å². The van der Waals surface area contributed by atoms with Crippen LogP contribution in [0.5, 0.6) is 5.75 Å². The maximum Gasteiger partial charge on any atom is 0.173 e. The van der Waals surface area contributed by atoms with Crippen LogP contribution >= 0.6 is 0 Å². The molecular formula is C14H17N5O2. The number of aromatic nitrogens is 1. The number of nitrogens with zero attached hydrogens (tertiary/aromatic N) is 5. The molecule has 3 rings (SSSR count). The highest BCUT2D eigenvalue weighted by Crippen LogP contribution is 2.37. The molecular weight excluding hydrogens is 270 g/mol. The predicted octanol–water partition coefficient (Wildman–Crippen LogP) is 0.772. The quantitative estimate of drug-likeness (QED) is 0.591. The van der Waals surface area contributed by atoms with Gasteiger partial charge in [-0.05, 0) is 0 Å². The number of nitriles is 1. The summed E-state index contributed by atoms with van der Waals surface area (Å²) in [4.78, 5) is 12.7. The normalized spacial score (nSPS) is 20.4. The SMILES string of the molecule is CN(C)C=Nc1cc2c(nc1C#N)N1CCOC[C@H]1CO2. The highest BCUT2D eigenvalue weighted by atomic mass is 16.5. The topological polar surface area (TPSA) is 74.0 Å². The van der Waals surface area contributed by atoms with Gasteiger partial charge in [0.25, 0.3) is 0 Å². The zero-order chi connectivity index (χ0) is 14.8. The summed E-state index contributed by atoms with van der Waals surface area (Å²) in [5.74, 6) is 1.40. The fraction of sp³-hybridized carbons (Fsp3) is 0.500. The molecule has 1 atom stereocenters. The second kappa shape index (κ2) is 5.58. The molecule has 0 aromatic carbocycles.